The molecule has 0 nitrogen and oxygen atoms in total. The van der Waals surface area contributed by atoms with Gasteiger partial charge in [0.25, 0.3) is 0 Å². The van der Waals surface area contributed by atoms with Crippen LogP contribution < -0.4 is 0 Å². The first kappa shape index (κ1) is 19.0. The number of rotatable bonds is 2. The van der Waals surface area contributed by atoms with Crippen molar-refractivity contribution in [2.45, 2.75) is 52.9 Å². The molecule has 0 heterocycles. The van der Waals surface area contributed by atoms with Crippen LogP contribution in [0.25, 0.3) is 0 Å². The number of hydrogen-bond donors (Lipinski definition) is 0. The zero-order valence-corrected chi connectivity index (χ0v) is 12.5. The summed E-state index contributed by atoms with van der Waals surface area (Å²) < 4.78 is 0. The minimum Gasteiger partial charge on any atom is -0.0991 e. The molecule has 0 bridgehead atoms. The van der Waals surface area contributed by atoms with Crippen molar-refractivity contribution in [2.75, 3.05) is 0 Å². The monoisotopic (exact) mass is 246 g/mol. The molecule has 0 unspecified atom stereocenters. The average Bonchev–Trinajstić information content (AvgIpc) is 2.64. The average molecular weight is 246 g/mol. The SMILES string of the molecule is C=C1CCCCC/C1=C/C=C\C.C=CC=C.CC. The molecule has 0 saturated heterocycles. The van der Waals surface area contributed by atoms with Gasteiger partial charge >= 0.3 is 0 Å². The van der Waals surface area contributed by atoms with E-state index in [0.29, 0.717) is 0 Å². The lowest BCUT2D eigenvalue weighted by atomic mass is 10.0. The molecule has 102 valence electrons. The van der Waals surface area contributed by atoms with E-state index in [4.69, 9.17) is 0 Å². The van der Waals surface area contributed by atoms with Crippen LogP contribution in [0.4, 0.5) is 0 Å². The zero-order chi connectivity index (χ0) is 14.2. The summed E-state index contributed by atoms with van der Waals surface area (Å²) in [5.74, 6) is 0. The second-order valence-corrected chi connectivity index (χ2v) is 3.85. The van der Waals surface area contributed by atoms with Gasteiger partial charge in [-0.15, -0.1) is 0 Å². The van der Waals surface area contributed by atoms with E-state index in [-0.39, 0.29) is 0 Å². The Morgan fingerprint density at radius 1 is 0.944 bits per heavy atom. The van der Waals surface area contributed by atoms with Crippen molar-refractivity contribution < 1.29 is 0 Å². The molecule has 0 atom stereocenters. The maximum absolute atomic E-state index is 4.11. The Bertz CT molecular complexity index is 270. The fourth-order valence-electron chi connectivity index (χ4n) is 1.58. The zero-order valence-electron chi connectivity index (χ0n) is 12.5. The van der Waals surface area contributed by atoms with Crippen LogP contribution in [0.2, 0.25) is 0 Å². The summed E-state index contributed by atoms with van der Waals surface area (Å²) in [4.78, 5) is 0. The van der Waals surface area contributed by atoms with E-state index in [1.807, 2.05) is 13.8 Å². The molecule has 1 fully saturated rings. The normalized spacial score (nSPS) is 17.1. The first-order chi connectivity index (χ1) is 8.76. The van der Waals surface area contributed by atoms with Crippen molar-refractivity contribution in [1.29, 1.82) is 0 Å². The first-order valence-electron chi connectivity index (χ1n) is 6.99. The van der Waals surface area contributed by atoms with Crippen LogP contribution in [-0.2, 0) is 0 Å². The summed E-state index contributed by atoms with van der Waals surface area (Å²) >= 11 is 0. The van der Waals surface area contributed by atoms with Gasteiger partial charge < -0.3 is 0 Å². The molecule has 18 heavy (non-hydrogen) atoms. The van der Waals surface area contributed by atoms with Crippen LogP contribution >= 0.6 is 0 Å². The lowest BCUT2D eigenvalue weighted by Gasteiger charge is -2.03. The lowest BCUT2D eigenvalue weighted by molar-refractivity contribution is 0.719. The van der Waals surface area contributed by atoms with E-state index in [1.54, 1.807) is 12.2 Å². The third kappa shape index (κ3) is 11.2. The predicted octanol–water partition coefficient (Wildman–Crippen LogP) is 6.39. The van der Waals surface area contributed by atoms with Gasteiger partial charge in [-0.1, -0.05) is 76.0 Å². The second kappa shape index (κ2) is 15.7. The molecule has 0 aromatic heterocycles. The van der Waals surface area contributed by atoms with E-state index in [9.17, 15) is 0 Å². The smallest absolute Gasteiger partial charge is 0.0276 e. The van der Waals surface area contributed by atoms with Gasteiger partial charge in [0.15, 0.2) is 0 Å². The van der Waals surface area contributed by atoms with Crippen molar-refractivity contribution in [1.82, 2.24) is 0 Å². The summed E-state index contributed by atoms with van der Waals surface area (Å²) in [5.41, 5.74) is 2.82. The van der Waals surface area contributed by atoms with Gasteiger partial charge in [0.2, 0.25) is 0 Å². The molecular weight excluding hydrogens is 216 g/mol. The third-order valence-corrected chi connectivity index (χ3v) is 2.54. The Morgan fingerprint density at radius 3 is 2.00 bits per heavy atom. The van der Waals surface area contributed by atoms with Crippen LogP contribution in [0.3, 0.4) is 0 Å². The molecule has 0 spiro atoms. The maximum Gasteiger partial charge on any atom is -0.0276 e. The van der Waals surface area contributed by atoms with Gasteiger partial charge in [-0.25, -0.2) is 0 Å². The van der Waals surface area contributed by atoms with E-state index < -0.39 is 0 Å². The molecule has 1 aliphatic carbocycles. The molecule has 0 aliphatic heterocycles. The fourth-order valence-corrected chi connectivity index (χ4v) is 1.58. The Balaban J connectivity index is 0. The largest absolute Gasteiger partial charge is 0.0991 e. The van der Waals surface area contributed by atoms with E-state index >= 15 is 0 Å². The van der Waals surface area contributed by atoms with Gasteiger partial charge in [-0.2, -0.15) is 0 Å². The minimum absolute atomic E-state index is 1.20. The molecule has 0 radical (unpaired) electrons. The maximum atomic E-state index is 4.11. The highest BCUT2D eigenvalue weighted by Gasteiger charge is 2.06. The molecule has 0 aromatic carbocycles. The second-order valence-electron chi connectivity index (χ2n) is 3.85. The molecule has 1 rings (SSSR count). The summed E-state index contributed by atoms with van der Waals surface area (Å²) in [6.07, 6.45) is 16.1. The van der Waals surface area contributed by atoms with Crippen LogP contribution in [0.5, 0.6) is 0 Å². The van der Waals surface area contributed by atoms with Gasteiger partial charge in [0, 0.05) is 0 Å². The molecular formula is C18H30. The van der Waals surface area contributed by atoms with Gasteiger partial charge in [0.1, 0.15) is 0 Å². The van der Waals surface area contributed by atoms with Crippen LogP contribution in [0, 0.1) is 0 Å². The van der Waals surface area contributed by atoms with E-state index in [2.05, 4.69) is 44.9 Å². The van der Waals surface area contributed by atoms with Crippen molar-refractivity contribution >= 4 is 0 Å². The first-order valence-corrected chi connectivity index (χ1v) is 6.99. The quantitative estimate of drug-likeness (QED) is 0.391. The molecule has 0 aromatic rings. The number of allylic oxidation sites excluding steroid dienone is 7. The lowest BCUT2D eigenvalue weighted by Crippen LogP contribution is -1.83. The topological polar surface area (TPSA) is 0 Å². The molecule has 1 aliphatic rings. The Morgan fingerprint density at radius 2 is 1.50 bits per heavy atom. The fraction of sp³-hybridized carbons (Fsp3) is 0.444. The Hall–Kier alpha value is -1.30. The highest BCUT2D eigenvalue weighted by atomic mass is 14.1. The van der Waals surface area contributed by atoms with Gasteiger partial charge in [-0.05, 0) is 38.2 Å². The molecule has 0 N–H and O–H groups in total. The van der Waals surface area contributed by atoms with E-state index in [1.165, 1.54) is 43.3 Å². The Kier molecular flexibility index (Phi) is 16.6. The Labute approximate surface area is 115 Å². The highest BCUT2D eigenvalue weighted by Crippen LogP contribution is 2.25. The van der Waals surface area contributed by atoms with E-state index in [0.717, 1.165) is 0 Å². The third-order valence-electron chi connectivity index (χ3n) is 2.54. The minimum atomic E-state index is 1.20. The molecule has 1 saturated carbocycles. The predicted molar refractivity (Wildman–Crippen MR) is 86.9 cm³/mol. The molecule has 0 heteroatoms. The van der Waals surface area contributed by atoms with Crippen molar-refractivity contribution in [3.63, 3.8) is 0 Å². The number of hydrogen-bond acceptors (Lipinski definition) is 0. The summed E-state index contributed by atoms with van der Waals surface area (Å²) in [7, 11) is 0. The summed E-state index contributed by atoms with van der Waals surface area (Å²) in [6.45, 7) is 16.9. The van der Waals surface area contributed by atoms with Crippen molar-refractivity contribution in [2.24, 2.45) is 0 Å². The van der Waals surface area contributed by atoms with Crippen LogP contribution in [0.1, 0.15) is 52.9 Å². The van der Waals surface area contributed by atoms with Crippen molar-refractivity contribution in [3.05, 3.63) is 61.3 Å². The summed E-state index contributed by atoms with van der Waals surface area (Å²) in [5, 5.41) is 0. The highest BCUT2D eigenvalue weighted by molar-refractivity contribution is 5.32. The van der Waals surface area contributed by atoms with Crippen LogP contribution in [0.15, 0.2) is 61.3 Å². The summed E-state index contributed by atoms with van der Waals surface area (Å²) in [6, 6.07) is 0. The standard InChI is InChI=1S/C12H18.C4H6.C2H6/c1-3-4-9-12-10-7-5-6-8-11(12)2;1-3-4-2;1-2/h3-4,9H,2,5-8,10H2,1H3;3-4H,1-2H2;1-2H3/b4-3-,12-9-;;. The molecule has 0 amide bonds. The van der Waals surface area contributed by atoms with Gasteiger partial charge in [-0.3, -0.25) is 0 Å². The van der Waals surface area contributed by atoms with Gasteiger partial charge in [0.05, 0.1) is 0 Å². The van der Waals surface area contributed by atoms with Crippen molar-refractivity contribution in [3.8, 4) is 0 Å². The van der Waals surface area contributed by atoms with Crippen LogP contribution in [-0.4, -0.2) is 0 Å².